The van der Waals surface area contributed by atoms with Crippen molar-refractivity contribution in [2.75, 3.05) is 6.61 Å². The number of benzene rings is 2. The first-order chi connectivity index (χ1) is 13.5. The van der Waals surface area contributed by atoms with Crippen LogP contribution in [0.3, 0.4) is 0 Å². The Kier molecular flexibility index (Phi) is 5.51. The van der Waals surface area contributed by atoms with Crippen molar-refractivity contribution in [1.29, 1.82) is 0 Å². The van der Waals surface area contributed by atoms with Crippen LogP contribution in [-0.2, 0) is 11.2 Å². The van der Waals surface area contributed by atoms with Crippen LogP contribution >= 0.6 is 11.3 Å². The minimum absolute atomic E-state index is 0.426. The lowest BCUT2D eigenvalue weighted by Gasteiger charge is -2.39. The summed E-state index contributed by atoms with van der Waals surface area (Å²) in [7, 11) is 0. The van der Waals surface area contributed by atoms with Crippen LogP contribution in [0.1, 0.15) is 27.7 Å². The maximum absolute atomic E-state index is 10.4. The quantitative estimate of drug-likeness (QED) is 0.540. The highest BCUT2D eigenvalue weighted by Crippen LogP contribution is 2.39. The molecule has 3 aromatic rings. The number of hydrogen-bond acceptors (Lipinski definition) is 6. The van der Waals surface area contributed by atoms with E-state index in [-0.39, 0.29) is 0 Å². The molecule has 0 radical (unpaired) electrons. The molecule has 28 heavy (non-hydrogen) atoms. The summed E-state index contributed by atoms with van der Waals surface area (Å²) >= 11 is 1.51. The van der Waals surface area contributed by atoms with Gasteiger partial charge in [0, 0.05) is 9.58 Å². The van der Waals surface area contributed by atoms with Crippen LogP contribution in [-0.4, -0.2) is 51.4 Å². The van der Waals surface area contributed by atoms with Crippen LogP contribution < -0.4 is 0 Å². The smallest absolute Gasteiger partial charge is 0.121 e. The highest BCUT2D eigenvalue weighted by molar-refractivity contribution is 7.19. The number of hydrogen-bond donors (Lipinski definition) is 4. The molecule has 5 nitrogen and oxygen atoms in total. The van der Waals surface area contributed by atoms with Gasteiger partial charge in [-0.15, -0.1) is 11.3 Å². The molecule has 1 aliphatic rings. The molecule has 0 bridgehead atoms. The molecule has 6 heteroatoms. The lowest BCUT2D eigenvalue weighted by Crippen LogP contribution is -2.55. The molecule has 1 aliphatic heterocycles. The number of thiophene rings is 1. The topological polar surface area (TPSA) is 90.2 Å². The molecule has 0 spiro atoms. The first-order valence-electron chi connectivity index (χ1n) is 9.35. The number of ether oxygens (including phenoxy) is 1. The second-order valence-electron chi connectivity index (χ2n) is 7.40. The van der Waals surface area contributed by atoms with Crippen LogP contribution in [0.15, 0.2) is 48.5 Å². The third-order valence-electron chi connectivity index (χ3n) is 5.29. The predicted molar refractivity (Wildman–Crippen MR) is 109 cm³/mol. The van der Waals surface area contributed by atoms with Crippen molar-refractivity contribution in [2.24, 2.45) is 0 Å². The van der Waals surface area contributed by atoms with Gasteiger partial charge >= 0.3 is 0 Å². The van der Waals surface area contributed by atoms with E-state index in [1.807, 2.05) is 18.2 Å². The van der Waals surface area contributed by atoms with Gasteiger partial charge in [0.2, 0.25) is 0 Å². The van der Waals surface area contributed by atoms with E-state index < -0.39 is 37.1 Å². The molecule has 5 atom stereocenters. The molecule has 4 rings (SSSR count). The molecular formula is C22H24O5S. The van der Waals surface area contributed by atoms with E-state index in [0.717, 1.165) is 21.4 Å². The number of rotatable bonds is 4. The summed E-state index contributed by atoms with van der Waals surface area (Å²) in [5.41, 5.74) is 3.64. The second-order valence-corrected chi connectivity index (χ2v) is 8.48. The first kappa shape index (κ1) is 19.5. The Morgan fingerprint density at radius 3 is 2.50 bits per heavy atom. The van der Waals surface area contributed by atoms with E-state index in [1.54, 1.807) is 0 Å². The van der Waals surface area contributed by atoms with E-state index in [1.165, 1.54) is 28.0 Å². The Hall–Kier alpha value is -1.80. The van der Waals surface area contributed by atoms with Gasteiger partial charge in [0.05, 0.1) is 6.61 Å². The lowest BCUT2D eigenvalue weighted by atomic mass is 9.94. The fraction of sp³-hybridized carbons (Fsp3) is 0.364. The first-order valence-corrected chi connectivity index (χ1v) is 10.2. The third-order valence-corrected chi connectivity index (χ3v) is 6.58. The Bertz CT molecular complexity index is 966. The highest BCUT2D eigenvalue weighted by Gasteiger charge is 2.44. The molecule has 0 saturated carbocycles. The zero-order valence-corrected chi connectivity index (χ0v) is 16.3. The predicted octanol–water partition coefficient (Wildman–Crippen LogP) is 2.32. The van der Waals surface area contributed by atoms with Crippen molar-refractivity contribution in [3.05, 3.63) is 70.1 Å². The molecule has 2 aromatic carbocycles. The monoisotopic (exact) mass is 400 g/mol. The molecule has 2 heterocycles. The third kappa shape index (κ3) is 3.59. The maximum atomic E-state index is 10.4. The number of aliphatic hydroxyl groups excluding tert-OH is 4. The molecular weight excluding hydrogens is 376 g/mol. The van der Waals surface area contributed by atoms with Crippen LogP contribution in [0.25, 0.3) is 10.1 Å². The van der Waals surface area contributed by atoms with Crippen molar-refractivity contribution in [1.82, 2.24) is 0 Å². The number of fused-ring (bicyclic) bond motifs is 1. The zero-order chi connectivity index (χ0) is 19.8. The molecule has 1 fully saturated rings. The fourth-order valence-electron chi connectivity index (χ4n) is 3.80. The summed E-state index contributed by atoms with van der Waals surface area (Å²) in [5, 5.41) is 41.0. The molecule has 0 unspecified atom stereocenters. The van der Waals surface area contributed by atoms with E-state index in [0.29, 0.717) is 0 Å². The van der Waals surface area contributed by atoms with Gasteiger partial charge in [-0.2, -0.15) is 0 Å². The van der Waals surface area contributed by atoms with Gasteiger partial charge in [-0.3, -0.25) is 0 Å². The van der Waals surface area contributed by atoms with Crippen LogP contribution in [0.4, 0.5) is 0 Å². The molecule has 4 N–H and O–H groups in total. The Morgan fingerprint density at radius 1 is 0.964 bits per heavy atom. The van der Waals surface area contributed by atoms with Crippen molar-refractivity contribution in [3.63, 3.8) is 0 Å². The van der Waals surface area contributed by atoms with Crippen LogP contribution in [0.2, 0.25) is 0 Å². The van der Waals surface area contributed by atoms with E-state index >= 15 is 0 Å². The second kappa shape index (κ2) is 7.91. The summed E-state index contributed by atoms with van der Waals surface area (Å²) in [5.74, 6) is 0. The van der Waals surface area contributed by atoms with Gasteiger partial charge in [-0.05, 0) is 35.9 Å². The fourth-order valence-corrected chi connectivity index (χ4v) is 5.05. The van der Waals surface area contributed by atoms with Crippen molar-refractivity contribution >= 4 is 21.4 Å². The highest BCUT2D eigenvalue weighted by atomic mass is 32.1. The Balaban J connectivity index is 1.68. The van der Waals surface area contributed by atoms with Gasteiger partial charge in [0.1, 0.15) is 30.5 Å². The maximum Gasteiger partial charge on any atom is 0.121 e. The van der Waals surface area contributed by atoms with Crippen molar-refractivity contribution in [2.45, 2.75) is 43.9 Å². The summed E-state index contributed by atoms with van der Waals surface area (Å²) in [6, 6.07) is 16.5. The lowest BCUT2D eigenvalue weighted by molar-refractivity contribution is -0.230. The molecule has 0 amide bonds. The van der Waals surface area contributed by atoms with Gasteiger partial charge in [0.25, 0.3) is 0 Å². The van der Waals surface area contributed by atoms with E-state index in [4.69, 9.17) is 4.74 Å². The van der Waals surface area contributed by atoms with Gasteiger partial charge < -0.3 is 25.2 Å². The van der Waals surface area contributed by atoms with Crippen LogP contribution in [0, 0.1) is 6.92 Å². The Labute approximate surface area is 167 Å². The number of aliphatic hydroxyl groups is 4. The molecule has 1 aromatic heterocycles. The SMILES string of the molecule is Cc1cccc(Cc2cccc3cc([C@@H]4O[C@H](CO)[C@@H](O)[C@H](O)[C@H]4O)sc23)c1. The normalized spacial score (nSPS) is 28.0. The summed E-state index contributed by atoms with van der Waals surface area (Å²) in [6.45, 7) is 1.65. The average molecular weight is 400 g/mol. The summed E-state index contributed by atoms with van der Waals surface area (Å²) in [6.07, 6.45) is -4.87. The average Bonchev–Trinajstić information content (AvgIpc) is 3.11. The van der Waals surface area contributed by atoms with Crippen LogP contribution in [0.5, 0.6) is 0 Å². The van der Waals surface area contributed by atoms with Gasteiger partial charge in [-0.25, -0.2) is 0 Å². The molecule has 0 aliphatic carbocycles. The summed E-state index contributed by atoms with van der Waals surface area (Å²) < 4.78 is 6.83. The molecule has 148 valence electrons. The van der Waals surface area contributed by atoms with E-state index in [2.05, 4.69) is 37.3 Å². The zero-order valence-electron chi connectivity index (χ0n) is 15.5. The standard InChI is InChI=1S/C22H24O5S/c1-12-4-2-5-13(8-12)9-14-6-3-7-15-10-17(28-22(14)15)21-20(26)19(25)18(24)16(11-23)27-21/h2-8,10,16,18-21,23-26H,9,11H2,1H3/t16-,18-,19+,20-,21+/m1/s1. The molecule has 1 saturated heterocycles. The number of aryl methyl sites for hydroxylation is 1. The largest absolute Gasteiger partial charge is 0.394 e. The van der Waals surface area contributed by atoms with E-state index in [9.17, 15) is 20.4 Å². The summed E-state index contributed by atoms with van der Waals surface area (Å²) in [4.78, 5) is 0.767. The van der Waals surface area contributed by atoms with Gasteiger partial charge in [-0.1, -0.05) is 48.0 Å². The minimum atomic E-state index is -1.37. The minimum Gasteiger partial charge on any atom is -0.394 e. The van der Waals surface area contributed by atoms with Gasteiger partial charge in [0.15, 0.2) is 0 Å². The van der Waals surface area contributed by atoms with Crippen molar-refractivity contribution in [3.8, 4) is 0 Å². The van der Waals surface area contributed by atoms with Crippen molar-refractivity contribution < 1.29 is 25.2 Å². The Morgan fingerprint density at radius 2 is 1.75 bits per heavy atom.